The maximum absolute atomic E-state index is 11.7. The number of aromatic nitrogens is 1. The van der Waals surface area contributed by atoms with Crippen molar-refractivity contribution in [3.05, 3.63) is 29.5 Å². The standard InChI is InChI=1S/C13H15N3O2S/c17-12(15-7-9-5-14-6-9)4-10-8-18-13(16-10)11-2-1-3-19-11/h1-3,8-9,14H,4-7H2,(H,15,17). The van der Waals surface area contributed by atoms with E-state index in [1.807, 2.05) is 17.5 Å². The Hall–Kier alpha value is -1.66. The highest BCUT2D eigenvalue weighted by Crippen LogP contribution is 2.23. The summed E-state index contributed by atoms with van der Waals surface area (Å²) >= 11 is 1.57. The van der Waals surface area contributed by atoms with Crippen molar-refractivity contribution in [2.24, 2.45) is 5.92 Å². The highest BCUT2D eigenvalue weighted by atomic mass is 32.1. The number of oxazole rings is 1. The molecular weight excluding hydrogens is 262 g/mol. The van der Waals surface area contributed by atoms with Gasteiger partial charge in [-0.2, -0.15) is 0 Å². The van der Waals surface area contributed by atoms with Crippen LogP contribution in [0.15, 0.2) is 28.2 Å². The molecule has 0 aliphatic carbocycles. The molecular formula is C13H15N3O2S. The van der Waals surface area contributed by atoms with Crippen LogP contribution in [0.2, 0.25) is 0 Å². The summed E-state index contributed by atoms with van der Waals surface area (Å²) in [6, 6.07) is 3.90. The minimum absolute atomic E-state index is 0.00192. The summed E-state index contributed by atoms with van der Waals surface area (Å²) in [5.74, 6) is 1.15. The van der Waals surface area contributed by atoms with Crippen molar-refractivity contribution in [1.82, 2.24) is 15.6 Å². The molecule has 3 heterocycles. The minimum Gasteiger partial charge on any atom is -0.444 e. The van der Waals surface area contributed by atoms with E-state index in [1.54, 1.807) is 17.6 Å². The summed E-state index contributed by atoms with van der Waals surface area (Å²) in [6.07, 6.45) is 1.83. The molecule has 2 N–H and O–H groups in total. The first-order chi connectivity index (χ1) is 9.31. The number of nitrogens with one attached hydrogen (secondary N) is 2. The topological polar surface area (TPSA) is 67.2 Å². The van der Waals surface area contributed by atoms with Crippen LogP contribution in [0.3, 0.4) is 0 Å². The third-order valence-corrected chi connectivity index (χ3v) is 3.94. The summed E-state index contributed by atoms with van der Waals surface area (Å²) < 4.78 is 5.38. The first kappa shape index (κ1) is 12.4. The van der Waals surface area contributed by atoms with Crippen molar-refractivity contribution < 1.29 is 9.21 Å². The zero-order valence-electron chi connectivity index (χ0n) is 10.4. The molecule has 1 aliphatic rings. The lowest BCUT2D eigenvalue weighted by molar-refractivity contribution is -0.120. The summed E-state index contributed by atoms with van der Waals surface area (Å²) in [5, 5.41) is 8.07. The van der Waals surface area contributed by atoms with Crippen LogP contribution in [-0.4, -0.2) is 30.5 Å². The Morgan fingerprint density at radius 3 is 3.16 bits per heavy atom. The zero-order chi connectivity index (χ0) is 13.1. The molecule has 0 atom stereocenters. The molecule has 0 spiro atoms. The van der Waals surface area contributed by atoms with Crippen LogP contribution in [0.1, 0.15) is 5.69 Å². The van der Waals surface area contributed by atoms with E-state index in [9.17, 15) is 4.79 Å². The van der Waals surface area contributed by atoms with Crippen LogP contribution in [0.25, 0.3) is 10.8 Å². The number of rotatable bonds is 5. The summed E-state index contributed by atoms with van der Waals surface area (Å²) in [5.41, 5.74) is 0.674. The van der Waals surface area contributed by atoms with Crippen LogP contribution in [0.4, 0.5) is 0 Å². The van der Waals surface area contributed by atoms with Crippen molar-refractivity contribution in [3.63, 3.8) is 0 Å². The second kappa shape index (κ2) is 5.54. The van der Waals surface area contributed by atoms with E-state index in [4.69, 9.17) is 4.42 Å². The Bertz CT molecular complexity index is 546. The van der Waals surface area contributed by atoms with E-state index >= 15 is 0 Å². The van der Waals surface area contributed by atoms with Gasteiger partial charge >= 0.3 is 0 Å². The lowest BCUT2D eigenvalue weighted by Crippen LogP contribution is -2.48. The van der Waals surface area contributed by atoms with Gasteiger partial charge in [-0.25, -0.2) is 4.98 Å². The molecule has 5 nitrogen and oxygen atoms in total. The average molecular weight is 277 g/mol. The van der Waals surface area contributed by atoms with Gasteiger partial charge in [0.2, 0.25) is 11.8 Å². The van der Waals surface area contributed by atoms with Crippen molar-refractivity contribution in [1.29, 1.82) is 0 Å². The van der Waals surface area contributed by atoms with Gasteiger partial charge < -0.3 is 15.1 Å². The Morgan fingerprint density at radius 2 is 2.47 bits per heavy atom. The third-order valence-electron chi connectivity index (χ3n) is 3.08. The van der Waals surface area contributed by atoms with Crippen LogP contribution >= 0.6 is 11.3 Å². The van der Waals surface area contributed by atoms with Gasteiger partial charge in [-0.15, -0.1) is 11.3 Å². The van der Waals surface area contributed by atoms with E-state index < -0.39 is 0 Å². The van der Waals surface area contributed by atoms with Crippen LogP contribution < -0.4 is 10.6 Å². The Labute approximate surface area is 115 Å². The van der Waals surface area contributed by atoms with Crippen LogP contribution in [-0.2, 0) is 11.2 Å². The highest BCUT2D eigenvalue weighted by Gasteiger charge is 2.17. The molecule has 0 aromatic carbocycles. The lowest BCUT2D eigenvalue weighted by atomic mass is 10.0. The number of thiophene rings is 1. The molecule has 1 saturated heterocycles. The first-order valence-electron chi connectivity index (χ1n) is 6.27. The molecule has 0 radical (unpaired) electrons. The maximum Gasteiger partial charge on any atom is 0.236 e. The number of nitrogens with zero attached hydrogens (tertiary/aromatic N) is 1. The van der Waals surface area contributed by atoms with Gasteiger partial charge in [0, 0.05) is 25.6 Å². The van der Waals surface area contributed by atoms with E-state index in [0.29, 0.717) is 17.5 Å². The molecule has 0 unspecified atom stereocenters. The van der Waals surface area contributed by atoms with E-state index in [0.717, 1.165) is 24.5 Å². The SMILES string of the molecule is O=C(Cc1coc(-c2cccs2)n1)NCC1CNC1. The third kappa shape index (κ3) is 3.02. The molecule has 6 heteroatoms. The molecule has 100 valence electrons. The fraction of sp³-hybridized carbons (Fsp3) is 0.385. The molecule has 1 amide bonds. The Balaban J connectivity index is 1.53. The molecule has 2 aromatic heterocycles. The largest absolute Gasteiger partial charge is 0.444 e. The summed E-state index contributed by atoms with van der Waals surface area (Å²) in [4.78, 5) is 17.0. The normalized spacial score (nSPS) is 15.2. The quantitative estimate of drug-likeness (QED) is 0.864. The molecule has 0 saturated carbocycles. The Morgan fingerprint density at radius 1 is 1.58 bits per heavy atom. The molecule has 1 fully saturated rings. The molecule has 1 aliphatic heterocycles. The molecule has 2 aromatic rings. The summed E-state index contributed by atoms with van der Waals surface area (Å²) in [7, 11) is 0. The fourth-order valence-corrected chi connectivity index (χ4v) is 2.54. The molecule has 19 heavy (non-hydrogen) atoms. The van der Waals surface area contributed by atoms with E-state index in [-0.39, 0.29) is 12.3 Å². The lowest BCUT2D eigenvalue weighted by Gasteiger charge is -2.26. The number of carbonyl (C=O) groups is 1. The Kier molecular flexibility index (Phi) is 3.61. The maximum atomic E-state index is 11.7. The first-order valence-corrected chi connectivity index (χ1v) is 7.15. The van der Waals surface area contributed by atoms with E-state index in [2.05, 4.69) is 15.6 Å². The molecule has 3 rings (SSSR count). The van der Waals surface area contributed by atoms with Gasteiger partial charge in [0.1, 0.15) is 6.26 Å². The zero-order valence-corrected chi connectivity index (χ0v) is 11.2. The van der Waals surface area contributed by atoms with Gasteiger partial charge in [0.15, 0.2) is 0 Å². The summed E-state index contributed by atoms with van der Waals surface area (Å²) in [6.45, 7) is 2.72. The predicted octanol–water partition coefficient (Wildman–Crippen LogP) is 1.28. The minimum atomic E-state index is -0.00192. The number of hydrogen-bond acceptors (Lipinski definition) is 5. The van der Waals surface area contributed by atoms with Crippen molar-refractivity contribution in [2.45, 2.75) is 6.42 Å². The van der Waals surface area contributed by atoms with Gasteiger partial charge in [0.05, 0.1) is 17.0 Å². The molecule has 0 bridgehead atoms. The second-order valence-electron chi connectivity index (χ2n) is 4.63. The van der Waals surface area contributed by atoms with Gasteiger partial charge in [0.25, 0.3) is 0 Å². The van der Waals surface area contributed by atoms with Crippen molar-refractivity contribution >= 4 is 17.2 Å². The fourth-order valence-electron chi connectivity index (χ4n) is 1.88. The number of amides is 1. The smallest absolute Gasteiger partial charge is 0.236 e. The van der Waals surface area contributed by atoms with Crippen LogP contribution in [0.5, 0.6) is 0 Å². The van der Waals surface area contributed by atoms with E-state index in [1.165, 1.54) is 0 Å². The second-order valence-corrected chi connectivity index (χ2v) is 5.57. The van der Waals surface area contributed by atoms with Gasteiger partial charge in [-0.3, -0.25) is 4.79 Å². The van der Waals surface area contributed by atoms with Gasteiger partial charge in [-0.05, 0) is 11.4 Å². The monoisotopic (exact) mass is 277 g/mol. The van der Waals surface area contributed by atoms with Crippen molar-refractivity contribution in [2.75, 3.05) is 19.6 Å². The predicted molar refractivity (Wildman–Crippen MR) is 72.9 cm³/mol. The average Bonchev–Trinajstić information content (AvgIpc) is 2.96. The van der Waals surface area contributed by atoms with Crippen LogP contribution in [0, 0.1) is 5.92 Å². The number of hydrogen-bond donors (Lipinski definition) is 2. The highest BCUT2D eigenvalue weighted by molar-refractivity contribution is 7.13. The van der Waals surface area contributed by atoms with Gasteiger partial charge in [-0.1, -0.05) is 6.07 Å². The number of carbonyl (C=O) groups excluding carboxylic acids is 1. The van der Waals surface area contributed by atoms with Crippen molar-refractivity contribution in [3.8, 4) is 10.8 Å².